The number of fused-ring (bicyclic) bond motifs is 1. The van der Waals surface area contributed by atoms with Crippen molar-refractivity contribution in [3.8, 4) is 0 Å². The van der Waals surface area contributed by atoms with E-state index in [2.05, 4.69) is 10.1 Å². The zero-order chi connectivity index (χ0) is 10.3. The molecule has 2 rings (SSSR count). The lowest BCUT2D eigenvalue weighted by Crippen LogP contribution is -2.05. The van der Waals surface area contributed by atoms with E-state index in [1.165, 1.54) is 0 Å². The quantitative estimate of drug-likeness (QED) is 0.730. The van der Waals surface area contributed by atoms with Crippen molar-refractivity contribution in [2.24, 2.45) is 5.73 Å². The molecule has 2 aromatic rings. The Morgan fingerprint density at radius 2 is 2.29 bits per heavy atom. The fraction of sp³-hybridized carbons (Fsp3) is 0.333. The maximum Gasteiger partial charge on any atom is 0.157 e. The van der Waals surface area contributed by atoms with Gasteiger partial charge in [0.05, 0.1) is 5.69 Å². The number of nitrogens with zero attached hydrogens (tertiary/aromatic N) is 3. The number of hydrogen-bond acceptors (Lipinski definition) is 3. The Kier molecular flexibility index (Phi) is 2.17. The third-order valence-corrected chi connectivity index (χ3v) is 2.44. The van der Waals surface area contributed by atoms with E-state index in [0.29, 0.717) is 5.15 Å². The van der Waals surface area contributed by atoms with E-state index in [0.717, 1.165) is 16.9 Å². The van der Waals surface area contributed by atoms with Crippen molar-refractivity contribution < 1.29 is 0 Å². The third kappa shape index (κ3) is 1.47. The summed E-state index contributed by atoms with van der Waals surface area (Å²) in [7, 11) is 0. The van der Waals surface area contributed by atoms with Crippen LogP contribution in [0.1, 0.15) is 24.2 Å². The molecule has 0 saturated carbocycles. The molecule has 2 heterocycles. The molecule has 0 saturated heterocycles. The molecule has 1 atom stereocenters. The first-order valence-electron chi connectivity index (χ1n) is 4.36. The first kappa shape index (κ1) is 9.43. The second kappa shape index (κ2) is 3.22. The second-order valence-corrected chi connectivity index (χ2v) is 3.73. The van der Waals surface area contributed by atoms with Crippen LogP contribution in [-0.2, 0) is 0 Å². The van der Waals surface area contributed by atoms with Gasteiger partial charge in [-0.05, 0) is 13.8 Å². The standard InChI is InChI=1S/C9H11ClN4/c1-5-4-14-8(12-9(5)10)3-7(13-14)6(2)11/h3-4,6H,11H2,1-2H3/t6-/m0/s1. The van der Waals surface area contributed by atoms with E-state index in [9.17, 15) is 0 Å². The zero-order valence-electron chi connectivity index (χ0n) is 8.03. The van der Waals surface area contributed by atoms with Crippen molar-refractivity contribution in [3.63, 3.8) is 0 Å². The average Bonchev–Trinajstić information content (AvgIpc) is 2.48. The lowest BCUT2D eigenvalue weighted by Gasteiger charge is -1.97. The number of nitrogens with two attached hydrogens (primary N) is 1. The summed E-state index contributed by atoms with van der Waals surface area (Å²) in [5, 5.41) is 4.79. The molecule has 0 aromatic carbocycles. The summed E-state index contributed by atoms with van der Waals surface area (Å²) in [5.74, 6) is 0. The molecular weight excluding hydrogens is 200 g/mol. The minimum absolute atomic E-state index is 0.0872. The Bertz CT molecular complexity index is 436. The number of hydrogen-bond donors (Lipinski definition) is 1. The molecule has 0 amide bonds. The van der Waals surface area contributed by atoms with Crippen LogP contribution < -0.4 is 5.73 Å². The molecule has 0 spiro atoms. The number of aromatic nitrogens is 3. The average molecular weight is 211 g/mol. The van der Waals surface area contributed by atoms with Crippen LogP contribution >= 0.6 is 11.6 Å². The first-order valence-corrected chi connectivity index (χ1v) is 4.73. The Balaban J connectivity index is 2.66. The summed E-state index contributed by atoms with van der Waals surface area (Å²) in [5.41, 5.74) is 8.17. The smallest absolute Gasteiger partial charge is 0.157 e. The number of halogens is 1. The first-order chi connectivity index (χ1) is 6.58. The minimum atomic E-state index is -0.0872. The maximum atomic E-state index is 5.89. The van der Waals surface area contributed by atoms with E-state index < -0.39 is 0 Å². The zero-order valence-corrected chi connectivity index (χ0v) is 8.78. The predicted molar refractivity (Wildman–Crippen MR) is 55.3 cm³/mol. The van der Waals surface area contributed by atoms with Gasteiger partial charge in [-0.2, -0.15) is 5.10 Å². The minimum Gasteiger partial charge on any atom is -0.323 e. The highest BCUT2D eigenvalue weighted by Gasteiger charge is 2.08. The molecule has 14 heavy (non-hydrogen) atoms. The van der Waals surface area contributed by atoms with Gasteiger partial charge < -0.3 is 5.73 Å². The fourth-order valence-electron chi connectivity index (χ4n) is 1.23. The van der Waals surface area contributed by atoms with Gasteiger partial charge in [-0.3, -0.25) is 0 Å². The molecule has 0 unspecified atom stereocenters. The van der Waals surface area contributed by atoms with Crippen LogP contribution in [-0.4, -0.2) is 14.6 Å². The molecular formula is C9H11ClN4. The predicted octanol–water partition coefficient (Wildman–Crippen LogP) is 1.71. The molecule has 0 aliphatic rings. The van der Waals surface area contributed by atoms with Gasteiger partial charge in [-0.25, -0.2) is 9.50 Å². The molecule has 0 radical (unpaired) electrons. The Morgan fingerprint density at radius 3 is 2.93 bits per heavy atom. The molecule has 0 fully saturated rings. The van der Waals surface area contributed by atoms with Crippen molar-refractivity contribution in [1.29, 1.82) is 0 Å². The van der Waals surface area contributed by atoms with Crippen molar-refractivity contribution in [1.82, 2.24) is 14.6 Å². The van der Waals surface area contributed by atoms with Gasteiger partial charge in [-0.1, -0.05) is 11.6 Å². The van der Waals surface area contributed by atoms with Crippen molar-refractivity contribution in [3.05, 3.63) is 28.7 Å². The summed E-state index contributed by atoms with van der Waals surface area (Å²) >= 11 is 5.89. The summed E-state index contributed by atoms with van der Waals surface area (Å²) in [6, 6.07) is 1.76. The van der Waals surface area contributed by atoms with Gasteiger partial charge in [0.15, 0.2) is 5.65 Å². The van der Waals surface area contributed by atoms with Crippen molar-refractivity contribution >= 4 is 17.2 Å². The Labute approximate surface area is 86.7 Å². The summed E-state index contributed by atoms with van der Waals surface area (Å²) in [6.07, 6.45) is 1.84. The van der Waals surface area contributed by atoms with E-state index in [4.69, 9.17) is 17.3 Å². The maximum absolute atomic E-state index is 5.89. The SMILES string of the molecule is Cc1cn2nc([C@H](C)N)cc2nc1Cl. The summed E-state index contributed by atoms with van der Waals surface area (Å²) in [4.78, 5) is 4.19. The van der Waals surface area contributed by atoms with E-state index in [1.807, 2.05) is 26.1 Å². The third-order valence-electron chi connectivity index (χ3n) is 2.06. The Hall–Kier alpha value is -1.13. The van der Waals surface area contributed by atoms with Gasteiger partial charge in [0, 0.05) is 23.9 Å². The molecule has 2 aromatic heterocycles. The molecule has 0 aliphatic heterocycles. The highest BCUT2D eigenvalue weighted by atomic mass is 35.5. The van der Waals surface area contributed by atoms with Crippen LogP contribution in [0.3, 0.4) is 0 Å². The van der Waals surface area contributed by atoms with Crippen molar-refractivity contribution in [2.45, 2.75) is 19.9 Å². The lowest BCUT2D eigenvalue weighted by molar-refractivity contribution is 0.754. The largest absolute Gasteiger partial charge is 0.323 e. The molecule has 0 aliphatic carbocycles. The normalized spacial score (nSPS) is 13.4. The monoisotopic (exact) mass is 210 g/mol. The Morgan fingerprint density at radius 1 is 1.57 bits per heavy atom. The van der Waals surface area contributed by atoms with Crippen LogP contribution in [0.25, 0.3) is 5.65 Å². The lowest BCUT2D eigenvalue weighted by atomic mass is 10.2. The van der Waals surface area contributed by atoms with E-state index in [-0.39, 0.29) is 6.04 Å². The topological polar surface area (TPSA) is 56.2 Å². The van der Waals surface area contributed by atoms with Gasteiger partial charge in [-0.15, -0.1) is 0 Å². The van der Waals surface area contributed by atoms with Crippen LogP contribution in [0.4, 0.5) is 0 Å². The molecule has 74 valence electrons. The van der Waals surface area contributed by atoms with Gasteiger partial charge in [0.2, 0.25) is 0 Å². The van der Waals surface area contributed by atoms with Gasteiger partial charge in [0.25, 0.3) is 0 Å². The molecule has 2 N–H and O–H groups in total. The highest BCUT2D eigenvalue weighted by molar-refractivity contribution is 6.30. The van der Waals surface area contributed by atoms with Gasteiger partial charge >= 0.3 is 0 Å². The number of rotatable bonds is 1. The van der Waals surface area contributed by atoms with Crippen LogP contribution in [0.5, 0.6) is 0 Å². The van der Waals surface area contributed by atoms with Crippen molar-refractivity contribution in [2.75, 3.05) is 0 Å². The van der Waals surface area contributed by atoms with Crippen LogP contribution in [0.15, 0.2) is 12.3 Å². The van der Waals surface area contributed by atoms with Gasteiger partial charge in [0.1, 0.15) is 5.15 Å². The highest BCUT2D eigenvalue weighted by Crippen LogP contribution is 2.15. The molecule has 5 heteroatoms. The van der Waals surface area contributed by atoms with E-state index in [1.54, 1.807) is 4.52 Å². The molecule has 0 bridgehead atoms. The molecule has 4 nitrogen and oxygen atoms in total. The fourth-order valence-corrected chi connectivity index (χ4v) is 1.36. The van der Waals surface area contributed by atoms with Crippen LogP contribution in [0.2, 0.25) is 5.15 Å². The number of aryl methyl sites for hydroxylation is 1. The summed E-state index contributed by atoms with van der Waals surface area (Å²) in [6.45, 7) is 3.78. The van der Waals surface area contributed by atoms with Crippen LogP contribution in [0, 0.1) is 6.92 Å². The van der Waals surface area contributed by atoms with E-state index >= 15 is 0 Å². The summed E-state index contributed by atoms with van der Waals surface area (Å²) < 4.78 is 1.69. The second-order valence-electron chi connectivity index (χ2n) is 3.38.